The zero-order chi connectivity index (χ0) is 16.7. The van der Waals surface area contributed by atoms with Gasteiger partial charge in [-0.05, 0) is 29.8 Å². The van der Waals surface area contributed by atoms with Crippen molar-refractivity contribution in [1.82, 2.24) is 9.55 Å². The van der Waals surface area contributed by atoms with E-state index in [4.69, 9.17) is 9.47 Å². The van der Waals surface area contributed by atoms with E-state index in [1.165, 1.54) is 0 Å². The minimum Gasteiger partial charge on any atom is -0.493 e. The number of aromatic nitrogens is 2. The molecule has 0 N–H and O–H groups in total. The van der Waals surface area contributed by atoms with Gasteiger partial charge in [-0.2, -0.15) is 0 Å². The van der Waals surface area contributed by atoms with E-state index in [9.17, 15) is 4.79 Å². The summed E-state index contributed by atoms with van der Waals surface area (Å²) in [5, 5.41) is 0.758. The zero-order valence-electron chi connectivity index (χ0n) is 13.4. The molecule has 3 aromatic rings. The molecule has 1 aliphatic rings. The second-order valence-electron chi connectivity index (χ2n) is 5.54. The number of imidazole rings is 1. The average Bonchev–Trinajstić information content (AvgIpc) is 2.99. The van der Waals surface area contributed by atoms with E-state index >= 15 is 0 Å². The van der Waals surface area contributed by atoms with E-state index in [0.717, 1.165) is 21.8 Å². The summed E-state index contributed by atoms with van der Waals surface area (Å²) in [6.07, 6.45) is 0.424. The van der Waals surface area contributed by atoms with Gasteiger partial charge in [-0.15, -0.1) is 0 Å². The first-order valence-electron chi connectivity index (χ1n) is 7.60. The van der Waals surface area contributed by atoms with Crippen LogP contribution in [0.5, 0.6) is 11.5 Å². The molecule has 0 unspecified atom stereocenters. The Morgan fingerprint density at radius 2 is 1.92 bits per heavy atom. The molecular formula is C18H16N2O3S. The lowest BCUT2D eigenvalue weighted by Gasteiger charge is -2.22. The van der Waals surface area contributed by atoms with E-state index in [1.807, 2.05) is 42.5 Å². The molecule has 0 radical (unpaired) electrons. The molecule has 24 heavy (non-hydrogen) atoms. The number of benzene rings is 2. The fourth-order valence-corrected chi connectivity index (χ4v) is 4.20. The first-order valence-corrected chi connectivity index (χ1v) is 8.48. The largest absolute Gasteiger partial charge is 0.493 e. The predicted octanol–water partition coefficient (Wildman–Crippen LogP) is 3.93. The van der Waals surface area contributed by atoms with Crippen LogP contribution >= 0.6 is 11.8 Å². The molecule has 1 aromatic heterocycles. The van der Waals surface area contributed by atoms with Gasteiger partial charge in [0.15, 0.2) is 16.7 Å². The van der Waals surface area contributed by atoms with Gasteiger partial charge in [0.25, 0.3) is 0 Å². The molecule has 2 heterocycles. The highest BCUT2D eigenvalue weighted by atomic mass is 32.2. The highest BCUT2D eigenvalue weighted by Crippen LogP contribution is 2.44. The second kappa shape index (κ2) is 5.87. The van der Waals surface area contributed by atoms with Gasteiger partial charge in [-0.3, -0.25) is 9.36 Å². The Kier molecular flexibility index (Phi) is 3.69. The smallest absolute Gasteiger partial charge is 0.234 e. The van der Waals surface area contributed by atoms with Crippen molar-refractivity contribution in [2.24, 2.45) is 0 Å². The summed E-state index contributed by atoms with van der Waals surface area (Å²) in [6, 6.07) is 13.5. The lowest BCUT2D eigenvalue weighted by atomic mass is 10.1. The van der Waals surface area contributed by atoms with Crippen molar-refractivity contribution in [2.45, 2.75) is 16.8 Å². The van der Waals surface area contributed by atoms with E-state index in [0.29, 0.717) is 17.9 Å². The van der Waals surface area contributed by atoms with Crippen molar-refractivity contribution in [1.29, 1.82) is 0 Å². The maximum absolute atomic E-state index is 12.7. The summed E-state index contributed by atoms with van der Waals surface area (Å²) in [5.41, 5.74) is 2.75. The Hall–Kier alpha value is -2.47. The number of para-hydroxylation sites is 2. The Bertz CT molecular complexity index is 935. The topological polar surface area (TPSA) is 53.4 Å². The van der Waals surface area contributed by atoms with Gasteiger partial charge in [0.05, 0.1) is 25.3 Å². The highest BCUT2D eigenvalue weighted by molar-refractivity contribution is 7.99. The molecule has 0 saturated heterocycles. The zero-order valence-corrected chi connectivity index (χ0v) is 14.2. The summed E-state index contributed by atoms with van der Waals surface area (Å²) < 4.78 is 12.4. The van der Waals surface area contributed by atoms with Crippen LogP contribution in [0.15, 0.2) is 47.6 Å². The highest BCUT2D eigenvalue weighted by Gasteiger charge is 2.30. The molecule has 1 aliphatic heterocycles. The third kappa shape index (κ3) is 2.34. The summed E-state index contributed by atoms with van der Waals surface area (Å²) in [6.45, 7) is 0. The molecular weight excluding hydrogens is 324 g/mol. The van der Waals surface area contributed by atoms with Gasteiger partial charge >= 0.3 is 0 Å². The molecule has 0 fully saturated rings. The standard InChI is InChI=1S/C18H16N2O3S/c1-22-14-8-7-11(9-15(14)23-2)16-10-17(21)20-13-6-4-3-5-12(13)19-18(20)24-16/h3-9,16H,10H2,1-2H3/t16-/m1/s1. The Morgan fingerprint density at radius 3 is 2.71 bits per heavy atom. The number of carbonyl (C=O) groups is 1. The van der Waals surface area contributed by atoms with Gasteiger partial charge in [0.2, 0.25) is 5.91 Å². The van der Waals surface area contributed by atoms with Crippen LogP contribution in [0.1, 0.15) is 22.0 Å². The van der Waals surface area contributed by atoms with Gasteiger partial charge < -0.3 is 9.47 Å². The number of hydrogen-bond donors (Lipinski definition) is 0. The summed E-state index contributed by atoms with van der Waals surface area (Å²) >= 11 is 1.61. The van der Waals surface area contributed by atoms with Gasteiger partial charge in [-0.25, -0.2) is 4.98 Å². The quantitative estimate of drug-likeness (QED) is 0.723. The molecule has 0 amide bonds. The molecule has 5 nitrogen and oxygen atoms in total. The van der Waals surface area contributed by atoms with Crippen LogP contribution in [-0.2, 0) is 0 Å². The maximum Gasteiger partial charge on any atom is 0.234 e. The fourth-order valence-electron chi connectivity index (χ4n) is 2.98. The molecule has 1 atom stereocenters. The lowest BCUT2D eigenvalue weighted by Crippen LogP contribution is -2.19. The summed E-state index contributed by atoms with van der Waals surface area (Å²) in [4.78, 5) is 17.3. The Morgan fingerprint density at radius 1 is 1.12 bits per heavy atom. The SMILES string of the molecule is COc1ccc([C@H]2CC(=O)n3c(nc4ccccc43)S2)cc1OC. The minimum absolute atomic E-state index is 0.0154. The maximum atomic E-state index is 12.7. The number of fused-ring (bicyclic) bond motifs is 3. The number of carbonyl (C=O) groups excluding carboxylic acids is 1. The number of ether oxygens (including phenoxy) is 2. The minimum atomic E-state index is 0.0154. The third-order valence-electron chi connectivity index (χ3n) is 4.17. The molecule has 0 saturated carbocycles. The van der Waals surface area contributed by atoms with Crippen LogP contribution in [0.2, 0.25) is 0 Å². The van der Waals surface area contributed by atoms with Crippen molar-refractivity contribution in [3.63, 3.8) is 0 Å². The Labute approximate surface area is 143 Å². The monoisotopic (exact) mass is 340 g/mol. The Balaban J connectivity index is 1.74. The van der Waals surface area contributed by atoms with Gasteiger partial charge in [0.1, 0.15) is 0 Å². The van der Waals surface area contributed by atoms with Gasteiger partial charge in [-0.1, -0.05) is 30.0 Å². The second-order valence-corrected chi connectivity index (χ2v) is 6.71. The first kappa shape index (κ1) is 15.1. The van der Waals surface area contributed by atoms with Crippen molar-refractivity contribution in [2.75, 3.05) is 14.2 Å². The van der Waals surface area contributed by atoms with Crippen LogP contribution in [0.25, 0.3) is 11.0 Å². The molecule has 2 aromatic carbocycles. The van der Waals surface area contributed by atoms with Crippen molar-refractivity contribution >= 4 is 28.7 Å². The third-order valence-corrected chi connectivity index (χ3v) is 5.37. The lowest BCUT2D eigenvalue weighted by molar-refractivity contribution is 0.0891. The number of nitrogens with zero attached hydrogens (tertiary/aromatic N) is 2. The van der Waals surface area contributed by atoms with Gasteiger partial charge in [0, 0.05) is 11.7 Å². The van der Waals surface area contributed by atoms with E-state index in [1.54, 1.807) is 30.5 Å². The van der Waals surface area contributed by atoms with Crippen molar-refractivity contribution in [3.8, 4) is 11.5 Å². The summed E-state index contributed by atoms with van der Waals surface area (Å²) in [7, 11) is 3.22. The number of rotatable bonds is 3. The molecule has 122 valence electrons. The van der Waals surface area contributed by atoms with Crippen molar-refractivity contribution in [3.05, 3.63) is 48.0 Å². The fraction of sp³-hybridized carbons (Fsp3) is 0.222. The van der Waals surface area contributed by atoms with Crippen LogP contribution in [-0.4, -0.2) is 29.7 Å². The van der Waals surface area contributed by atoms with Crippen LogP contribution in [0.3, 0.4) is 0 Å². The first-order chi connectivity index (χ1) is 11.7. The van der Waals surface area contributed by atoms with E-state index < -0.39 is 0 Å². The molecule has 6 heteroatoms. The molecule has 0 bridgehead atoms. The number of methoxy groups -OCH3 is 2. The van der Waals surface area contributed by atoms with E-state index in [-0.39, 0.29) is 11.2 Å². The van der Waals surface area contributed by atoms with Crippen molar-refractivity contribution < 1.29 is 14.3 Å². The average molecular weight is 340 g/mol. The summed E-state index contributed by atoms with van der Waals surface area (Å²) in [5.74, 6) is 1.42. The molecule has 4 rings (SSSR count). The molecule has 0 spiro atoms. The van der Waals surface area contributed by atoms with Crippen LogP contribution in [0, 0.1) is 0 Å². The predicted molar refractivity (Wildman–Crippen MR) is 93.1 cm³/mol. The number of thioether (sulfide) groups is 1. The van der Waals surface area contributed by atoms with Crippen LogP contribution in [0.4, 0.5) is 0 Å². The number of hydrogen-bond acceptors (Lipinski definition) is 5. The normalized spacial score (nSPS) is 16.9. The van der Waals surface area contributed by atoms with E-state index in [2.05, 4.69) is 4.98 Å². The molecule has 0 aliphatic carbocycles. The van der Waals surface area contributed by atoms with Crippen LogP contribution < -0.4 is 9.47 Å².